The summed E-state index contributed by atoms with van der Waals surface area (Å²) >= 11 is 0. The van der Waals surface area contributed by atoms with E-state index in [2.05, 4.69) is 34.1 Å². The summed E-state index contributed by atoms with van der Waals surface area (Å²) in [6.07, 6.45) is 6.13. The van der Waals surface area contributed by atoms with Crippen molar-refractivity contribution in [1.29, 1.82) is 0 Å². The van der Waals surface area contributed by atoms with Gasteiger partial charge in [0.1, 0.15) is 6.10 Å². The summed E-state index contributed by atoms with van der Waals surface area (Å²) < 4.78 is 7.89. The van der Waals surface area contributed by atoms with Gasteiger partial charge in [0, 0.05) is 37.7 Å². The quantitative estimate of drug-likeness (QED) is 0.880. The molecule has 0 unspecified atom stereocenters. The van der Waals surface area contributed by atoms with Crippen LogP contribution in [-0.2, 0) is 11.3 Å². The number of hydrogen-bond acceptors (Lipinski definition) is 5. The van der Waals surface area contributed by atoms with Crippen molar-refractivity contribution in [1.82, 2.24) is 14.5 Å². The second-order valence-electron chi connectivity index (χ2n) is 7.13. The Bertz CT molecular complexity index is 678. The molecule has 134 valence electrons. The fraction of sp³-hybridized carbons (Fsp3) is 0.526. The third-order valence-electron chi connectivity index (χ3n) is 5.55. The molecule has 1 aromatic carbocycles. The van der Waals surface area contributed by atoms with E-state index in [1.54, 1.807) is 12.5 Å². The number of imidazole rings is 1. The van der Waals surface area contributed by atoms with Crippen molar-refractivity contribution in [3.63, 3.8) is 0 Å². The summed E-state index contributed by atoms with van der Waals surface area (Å²) in [6.45, 7) is 3.16. The van der Waals surface area contributed by atoms with Crippen molar-refractivity contribution >= 4 is 0 Å². The summed E-state index contributed by atoms with van der Waals surface area (Å²) in [4.78, 5) is 6.46. The molecule has 2 aliphatic heterocycles. The van der Waals surface area contributed by atoms with Crippen molar-refractivity contribution in [3.05, 3.63) is 48.5 Å². The molecule has 2 aromatic rings. The molecule has 2 saturated heterocycles. The number of rotatable bonds is 3. The second kappa shape index (κ2) is 6.88. The van der Waals surface area contributed by atoms with Gasteiger partial charge >= 0.3 is 0 Å². The zero-order chi connectivity index (χ0) is 17.3. The third-order valence-corrected chi connectivity index (χ3v) is 5.55. The Hall–Kier alpha value is -1.73. The average Bonchev–Trinajstić information content (AvgIpc) is 3.17. The molecule has 1 spiro atoms. The molecule has 2 atom stereocenters. The molecule has 2 fully saturated rings. The van der Waals surface area contributed by atoms with E-state index in [-0.39, 0.29) is 0 Å². The van der Waals surface area contributed by atoms with E-state index >= 15 is 0 Å². The van der Waals surface area contributed by atoms with Crippen molar-refractivity contribution in [3.8, 4) is 5.69 Å². The van der Waals surface area contributed by atoms with Gasteiger partial charge in [0.15, 0.2) is 0 Å². The Balaban J connectivity index is 1.36. The van der Waals surface area contributed by atoms with E-state index in [1.807, 2.05) is 10.8 Å². The van der Waals surface area contributed by atoms with Gasteiger partial charge < -0.3 is 19.5 Å². The predicted octanol–water partition coefficient (Wildman–Crippen LogP) is 1.35. The van der Waals surface area contributed by atoms with Crippen molar-refractivity contribution in [2.75, 3.05) is 19.7 Å². The number of aromatic nitrogens is 2. The van der Waals surface area contributed by atoms with Crippen LogP contribution in [0.5, 0.6) is 0 Å². The molecule has 0 aliphatic carbocycles. The Kier molecular flexibility index (Phi) is 4.60. The maximum absolute atomic E-state index is 10.3. The fourth-order valence-corrected chi connectivity index (χ4v) is 3.95. The molecule has 3 heterocycles. The van der Waals surface area contributed by atoms with E-state index in [1.165, 1.54) is 5.56 Å². The van der Waals surface area contributed by atoms with Crippen LogP contribution in [0.15, 0.2) is 43.0 Å². The largest absolute Gasteiger partial charge is 0.390 e. The highest BCUT2D eigenvalue weighted by Gasteiger charge is 2.47. The Labute approximate surface area is 147 Å². The number of nitrogens with zero attached hydrogens (tertiary/aromatic N) is 3. The lowest BCUT2D eigenvalue weighted by atomic mass is 9.80. The van der Waals surface area contributed by atoms with Crippen LogP contribution in [0.2, 0.25) is 0 Å². The van der Waals surface area contributed by atoms with Gasteiger partial charge in [0.25, 0.3) is 0 Å². The van der Waals surface area contributed by atoms with Crippen molar-refractivity contribution < 1.29 is 14.9 Å². The summed E-state index contributed by atoms with van der Waals surface area (Å²) in [5.41, 5.74) is 1.82. The standard InChI is InChI=1S/C19H25N3O3/c23-17-5-12-25-19(18(17)24)6-9-21(10-7-19)13-15-1-3-16(4-2-15)22-11-8-20-14-22/h1-4,8,11,14,17-18,23-24H,5-7,9-10,12-13H2/t17-,18-/m0/s1. The second-order valence-corrected chi connectivity index (χ2v) is 7.13. The molecule has 2 N–H and O–H groups in total. The Morgan fingerprint density at radius 3 is 2.60 bits per heavy atom. The lowest BCUT2D eigenvalue weighted by molar-refractivity contribution is -0.214. The van der Waals surface area contributed by atoms with Gasteiger partial charge in [-0.25, -0.2) is 4.98 Å². The Morgan fingerprint density at radius 1 is 1.16 bits per heavy atom. The number of piperidine rings is 1. The highest BCUT2D eigenvalue weighted by atomic mass is 16.5. The van der Waals surface area contributed by atoms with Crippen LogP contribution >= 0.6 is 0 Å². The van der Waals surface area contributed by atoms with Crippen LogP contribution < -0.4 is 0 Å². The lowest BCUT2D eigenvalue weighted by Gasteiger charge is -2.48. The molecule has 0 saturated carbocycles. The van der Waals surface area contributed by atoms with E-state index < -0.39 is 17.8 Å². The first-order valence-electron chi connectivity index (χ1n) is 8.96. The first-order valence-corrected chi connectivity index (χ1v) is 8.96. The van der Waals surface area contributed by atoms with Crippen molar-refractivity contribution in [2.24, 2.45) is 0 Å². The summed E-state index contributed by atoms with van der Waals surface area (Å²) in [5, 5.41) is 20.3. The van der Waals surface area contributed by atoms with Gasteiger partial charge in [0.05, 0.1) is 24.6 Å². The maximum atomic E-state index is 10.3. The third kappa shape index (κ3) is 3.35. The van der Waals surface area contributed by atoms with Crippen LogP contribution in [0.3, 0.4) is 0 Å². The molecule has 4 rings (SSSR count). The van der Waals surface area contributed by atoms with Crippen LogP contribution in [0, 0.1) is 0 Å². The molecule has 2 aliphatic rings. The van der Waals surface area contributed by atoms with E-state index in [0.29, 0.717) is 13.0 Å². The molecule has 25 heavy (non-hydrogen) atoms. The molecule has 1 aromatic heterocycles. The van der Waals surface area contributed by atoms with E-state index in [9.17, 15) is 10.2 Å². The van der Waals surface area contributed by atoms with Gasteiger partial charge in [0.2, 0.25) is 0 Å². The summed E-state index contributed by atoms with van der Waals surface area (Å²) in [6, 6.07) is 8.50. The molecular formula is C19H25N3O3. The van der Waals surface area contributed by atoms with Crippen LogP contribution in [0.4, 0.5) is 0 Å². The topological polar surface area (TPSA) is 70.8 Å². The number of hydrogen-bond donors (Lipinski definition) is 2. The van der Waals surface area contributed by atoms with Gasteiger partial charge in [-0.2, -0.15) is 0 Å². The first-order chi connectivity index (χ1) is 12.2. The Morgan fingerprint density at radius 2 is 1.92 bits per heavy atom. The van der Waals surface area contributed by atoms with E-state index in [0.717, 1.165) is 38.2 Å². The number of aliphatic hydroxyl groups is 2. The smallest absolute Gasteiger partial charge is 0.109 e. The van der Waals surface area contributed by atoms with Gasteiger partial charge in [-0.15, -0.1) is 0 Å². The summed E-state index contributed by atoms with van der Waals surface area (Å²) in [7, 11) is 0. The van der Waals surface area contributed by atoms with Crippen LogP contribution in [0.25, 0.3) is 5.69 Å². The van der Waals surface area contributed by atoms with Gasteiger partial charge in [-0.05, 0) is 37.0 Å². The molecule has 0 amide bonds. The SMILES string of the molecule is O[C@H]1CCOC2(CCN(Cc3ccc(-n4ccnc4)cc3)CC2)[C@H]1O. The maximum Gasteiger partial charge on any atom is 0.109 e. The van der Waals surface area contributed by atoms with E-state index in [4.69, 9.17) is 4.74 Å². The minimum Gasteiger partial charge on any atom is -0.390 e. The van der Waals surface area contributed by atoms with Gasteiger partial charge in [-0.3, -0.25) is 4.90 Å². The number of ether oxygens (including phenoxy) is 1. The highest BCUT2D eigenvalue weighted by Crippen LogP contribution is 2.35. The number of aliphatic hydroxyl groups excluding tert-OH is 2. The monoisotopic (exact) mass is 343 g/mol. The summed E-state index contributed by atoms with van der Waals surface area (Å²) in [5.74, 6) is 0. The molecule has 0 bridgehead atoms. The van der Waals surface area contributed by atoms with Crippen LogP contribution in [-0.4, -0.2) is 62.2 Å². The normalized spacial score (nSPS) is 26.8. The number of benzene rings is 1. The minimum atomic E-state index is -0.766. The first kappa shape index (κ1) is 16.7. The zero-order valence-electron chi connectivity index (χ0n) is 14.3. The van der Waals surface area contributed by atoms with Gasteiger partial charge in [-0.1, -0.05) is 12.1 Å². The fourth-order valence-electron chi connectivity index (χ4n) is 3.95. The molecule has 6 heteroatoms. The number of likely N-dealkylation sites (tertiary alicyclic amines) is 1. The minimum absolute atomic E-state index is 0.524. The zero-order valence-corrected chi connectivity index (χ0v) is 14.3. The highest BCUT2D eigenvalue weighted by molar-refractivity contribution is 5.34. The molecular weight excluding hydrogens is 318 g/mol. The lowest BCUT2D eigenvalue weighted by Crippen LogP contribution is -2.59. The molecule has 6 nitrogen and oxygen atoms in total. The predicted molar refractivity (Wildman–Crippen MR) is 93.4 cm³/mol. The van der Waals surface area contributed by atoms with Crippen LogP contribution in [0.1, 0.15) is 24.8 Å². The molecule has 0 radical (unpaired) electrons. The average molecular weight is 343 g/mol. The van der Waals surface area contributed by atoms with Crippen molar-refractivity contribution in [2.45, 2.75) is 43.6 Å².